The zero-order valence-corrected chi connectivity index (χ0v) is 16.3. The Kier molecular flexibility index (Phi) is 5.30. The van der Waals surface area contributed by atoms with Crippen molar-refractivity contribution in [2.24, 2.45) is 0 Å². The fraction of sp³-hybridized carbons (Fsp3) is 0.333. The van der Waals surface area contributed by atoms with Gasteiger partial charge in [-0.1, -0.05) is 43.3 Å². The summed E-state index contributed by atoms with van der Waals surface area (Å²) in [6, 6.07) is 22.1. The van der Waals surface area contributed by atoms with Crippen LogP contribution in [0.1, 0.15) is 41.8 Å². The second kappa shape index (κ2) is 8.01. The molecule has 1 aliphatic rings. The van der Waals surface area contributed by atoms with E-state index in [0.717, 1.165) is 38.2 Å². The highest BCUT2D eigenvalue weighted by Crippen LogP contribution is 2.35. The van der Waals surface area contributed by atoms with Crippen LogP contribution in [0.25, 0.3) is 0 Å². The molecule has 0 saturated carbocycles. The van der Waals surface area contributed by atoms with Gasteiger partial charge in [0.15, 0.2) is 0 Å². The number of benzene rings is 2. The van der Waals surface area contributed by atoms with E-state index in [-0.39, 0.29) is 6.04 Å². The Morgan fingerprint density at radius 2 is 1.89 bits per heavy atom. The van der Waals surface area contributed by atoms with E-state index in [1.54, 1.807) is 7.11 Å². The number of rotatable bonds is 5. The first-order valence-corrected chi connectivity index (χ1v) is 9.90. The number of aryl methyl sites for hydroxylation is 2. The van der Waals surface area contributed by atoms with Gasteiger partial charge in [0, 0.05) is 31.5 Å². The molecular formula is C24H28N2O. The van der Waals surface area contributed by atoms with E-state index in [0.29, 0.717) is 0 Å². The largest absolute Gasteiger partial charge is 0.497 e. The number of hydrogen-bond donors (Lipinski definition) is 0. The minimum Gasteiger partial charge on any atom is -0.497 e. The van der Waals surface area contributed by atoms with Gasteiger partial charge in [-0.25, -0.2) is 0 Å². The van der Waals surface area contributed by atoms with Crippen molar-refractivity contribution in [2.75, 3.05) is 13.7 Å². The van der Waals surface area contributed by atoms with Gasteiger partial charge in [0.2, 0.25) is 0 Å². The minimum atomic E-state index is 0.282. The number of nitrogens with zero attached hydrogens (tertiary/aromatic N) is 2. The Morgan fingerprint density at radius 3 is 2.74 bits per heavy atom. The molecule has 140 valence electrons. The van der Waals surface area contributed by atoms with Gasteiger partial charge in [0.1, 0.15) is 5.75 Å². The fourth-order valence-corrected chi connectivity index (χ4v) is 4.29. The molecule has 0 unspecified atom stereocenters. The number of fused-ring (bicyclic) bond motifs is 1. The van der Waals surface area contributed by atoms with Gasteiger partial charge < -0.3 is 9.30 Å². The summed E-state index contributed by atoms with van der Waals surface area (Å²) in [5.41, 5.74) is 5.57. The molecule has 2 aromatic carbocycles. The maximum Gasteiger partial charge on any atom is 0.119 e. The molecule has 0 fully saturated rings. The lowest BCUT2D eigenvalue weighted by Gasteiger charge is -2.32. The van der Waals surface area contributed by atoms with E-state index < -0.39 is 0 Å². The third-order valence-corrected chi connectivity index (χ3v) is 5.60. The topological polar surface area (TPSA) is 17.4 Å². The van der Waals surface area contributed by atoms with Gasteiger partial charge in [-0.15, -0.1) is 0 Å². The van der Waals surface area contributed by atoms with Crippen molar-refractivity contribution < 1.29 is 4.74 Å². The molecule has 0 N–H and O–H groups in total. The van der Waals surface area contributed by atoms with E-state index in [2.05, 4.69) is 77.2 Å². The lowest BCUT2D eigenvalue weighted by molar-refractivity contribution is 0.219. The van der Waals surface area contributed by atoms with E-state index in [1.807, 2.05) is 6.07 Å². The molecule has 0 radical (unpaired) electrons. The molecule has 1 aliphatic heterocycles. The smallest absolute Gasteiger partial charge is 0.119 e. The van der Waals surface area contributed by atoms with Crippen LogP contribution in [0.3, 0.4) is 0 Å². The molecule has 0 bridgehead atoms. The van der Waals surface area contributed by atoms with E-state index in [4.69, 9.17) is 4.74 Å². The van der Waals surface area contributed by atoms with Crippen LogP contribution in [0.15, 0.2) is 66.9 Å². The Balaban J connectivity index is 1.76. The van der Waals surface area contributed by atoms with Crippen molar-refractivity contribution in [3.8, 4) is 5.75 Å². The van der Waals surface area contributed by atoms with Crippen molar-refractivity contribution in [3.63, 3.8) is 0 Å². The highest BCUT2D eigenvalue weighted by Gasteiger charge is 2.28. The summed E-state index contributed by atoms with van der Waals surface area (Å²) >= 11 is 0. The fourth-order valence-electron chi connectivity index (χ4n) is 4.29. The normalized spacial score (nSPS) is 17.3. The van der Waals surface area contributed by atoms with Gasteiger partial charge in [-0.3, -0.25) is 4.90 Å². The first-order valence-electron chi connectivity index (χ1n) is 9.90. The molecule has 2 heterocycles. The van der Waals surface area contributed by atoms with Crippen molar-refractivity contribution in [2.45, 2.75) is 38.9 Å². The molecule has 3 nitrogen and oxygen atoms in total. The molecule has 4 rings (SSSR count). The van der Waals surface area contributed by atoms with Gasteiger partial charge in [0.05, 0.1) is 13.2 Å². The second-order valence-corrected chi connectivity index (χ2v) is 7.26. The third-order valence-electron chi connectivity index (χ3n) is 5.60. The van der Waals surface area contributed by atoms with Crippen LogP contribution in [0.4, 0.5) is 0 Å². The molecule has 1 atom stereocenters. The van der Waals surface area contributed by atoms with E-state index in [9.17, 15) is 0 Å². The van der Waals surface area contributed by atoms with Gasteiger partial charge in [-0.05, 0) is 53.8 Å². The van der Waals surface area contributed by atoms with Crippen LogP contribution in [0.5, 0.6) is 5.75 Å². The van der Waals surface area contributed by atoms with Gasteiger partial charge in [0.25, 0.3) is 0 Å². The maximum absolute atomic E-state index is 5.44. The molecule has 0 saturated heterocycles. The van der Waals surface area contributed by atoms with Crippen LogP contribution in [0, 0.1) is 0 Å². The molecule has 0 amide bonds. The predicted octanol–water partition coefficient (Wildman–Crippen LogP) is 5.05. The molecule has 3 heteroatoms. The number of aromatic nitrogens is 1. The Morgan fingerprint density at radius 1 is 1.00 bits per heavy atom. The average molecular weight is 361 g/mol. The van der Waals surface area contributed by atoms with Crippen molar-refractivity contribution in [1.29, 1.82) is 0 Å². The van der Waals surface area contributed by atoms with Crippen molar-refractivity contribution in [1.82, 2.24) is 9.47 Å². The first-order chi connectivity index (χ1) is 13.3. The minimum absolute atomic E-state index is 0.282. The Hall–Kier alpha value is -2.52. The molecular weight excluding hydrogens is 332 g/mol. The van der Waals surface area contributed by atoms with Gasteiger partial charge >= 0.3 is 0 Å². The molecule has 3 aromatic rings. The maximum atomic E-state index is 5.44. The highest BCUT2D eigenvalue weighted by atomic mass is 16.5. The second-order valence-electron chi connectivity index (χ2n) is 7.26. The summed E-state index contributed by atoms with van der Waals surface area (Å²) < 4.78 is 7.87. The summed E-state index contributed by atoms with van der Waals surface area (Å²) in [6.07, 6.45) is 4.45. The number of ether oxygens (including phenoxy) is 1. The summed E-state index contributed by atoms with van der Waals surface area (Å²) in [6.45, 7) is 5.34. The monoisotopic (exact) mass is 360 g/mol. The summed E-state index contributed by atoms with van der Waals surface area (Å²) in [7, 11) is 1.73. The van der Waals surface area contributed by atoms with Crippen molar-refractivity contribution in [3.05, 3.63) is 89.2 Å². The van der Waals surface area contributed by atoms with Crippen LogP contribution >= 0.6 is 0 Å². The Bertz CT molecular complexity index is 899. The van der Waals surface area contributed by atoms with E-state index >= 15 is 0 Å². The lowest BCUT2D eigenvalue weighted by Crippen LogP contribution is -2.30. The third kappa shape index (κ3) is 3.65. The standard InChI is InChI=1S/C24H28N2O/c1-3-20-10-4-5-12-22(20)24-23-13-7-14-25(23)15-8-16-26(24)18-19-9-6-11-21(17-19)27-2/h4-7,9-14,17,24H,3,8,15-16,18H2,1-2H3/t24-/m0/s1. The van der Waals surface area contributed by atoms with Crippen LogP contribution in [-0.4, -0.2) is 23.1 Å². The van der Waals surface area contributed by atoms with Crippen LogP contribution < -0.4 is 4.74 Å². The Labute approximate surface area is 162 Å². The number of hydrogen-bond acceptors (Lipinski definition) is 2. The number of methoxy groups -OCH3 is 1. The quantitative estimate of drug-likeness (QED) is 0.633. The molecule has 27 heavy (non-hydrogen) atoms. The lowest BCUT2D eigenvalue weighted by atomic mass is 9.94. The van der Waals surface area contributed by atoms with E-state index in [1.165, 1.54) is 22.4 Å². The average Bonchev–Trinajstić information content (AvgIpc) is 3.10. The zero-order chi connectivity index (χ0) is 18.6. The SMILES string of the molecule is CCc1ccccc1[C@H]1c2cccn2CCCN1Cc1cccc(OC)c1. The van der Waals surface area contributed by atoms with Crippen LogP contribution in [0.2, 0.25) is 0 Å². The summed E-state index contributed by atoms with van der Waals surface area (Å²) in [4.78, 5) is 2.63. The van der Waals surface area contributed by atoms with Gasteiger partial charge in [-0.2, -0.15) is 0 Å². The highest BCUT2D eigenvalue weighted by molar-refractivity contribution is 5.37. The van der Waals surface area contributed by atoms with Crippen molar-refractivity contribution >= 4 is 0 Å². The zero-order valence-electron chi connectivity index (χ0n) is 16.3. The summed E-state index contributed by atoms with van der Waals surface area (Å²) in [5.74, 6) is 0.927. The molecule has 1 aromatic heterocycles. The molecule has 0 aliphatic carbocycles. The molecule has 0 spiro atoms. The van der Waals surface area contributed by atoms with Crippen LogP contribution in [-0.2, 0) is 19.5 Å². The summed E-state index contributed by atoms with van der Waals surface area (Å²) in [5, 5.41) is 0. The first kappa shape index (κ1) is 17.9. The predicted molar refractivity (Wildman–Crippen MR) is 110 cm³/mol.